The third kappa shape index (κ3) is 2.02. The molecule has 8 heteroatoms. The molecule has 0 fully saturated rings. The van der Waals surface area contributed by atoms with Gasteiger partial charge in [0.15, 0.2) is 11.5 Å². The van der Waals surface area contributed by atoms with Gasteiger partial charge in [0.1, 0.15) is 23.0 Å². The Balaban J connectivity index is 2.00. The summed E-state index contributed by atoms with van der Waals surface area (Å²) in [6.07, 6.45) is 3.05. The van der Waals surface area contributed by atoms with Crippen LogP contribution in [0.3, 0.4) is 0 Å². The maximum atomic E-state index is 13.5. The summed E-state index contributed by atoms with van der Waals surface area (Å²) in [6, 6.07) is 3.47. The third-order valence-corrected chi connectivity index (χ3v) is 3.76. The molecular formula is C15H14FN7. The molecule has 4 aromatic rings. The number of pyridine rings is 1. The Hall–Kier alpha value is -3.03. The van der Waals surface area contributed by atoms with Gasteiger partial charge in [-0.2, -0.15) is 5.10 Å². The van der Waals surface area contributed by atoms with Crippen LogP contribution < -0.4 is 5.73 Å². The number of aromatic amines is 1. The second-order valence-corrected chi connectivity index (χ2v) is 5.61. The highest BCUT2D eigenvalue weighted by molar-refractivity contribution is 5.92. The van der Waals surface area contributed by atoms with Crippen LogP contribution in [-0.4, -0.2) is 29.7 Å². The first-order valence-electron chi connectivity index (χ1n) is 7.18. The van der Waals surface area contributed by atoms with E-state index in [-0.39, 0.29) is 6.04 Å². The molecule has 0 aliphatic carbocycles. The number of hydrogen-bond donors (Lipinski definition) is 2. The van der Waals surface area contributed by atoms with Crippen molar-refractivity contribution in [3.05, 3.63) is 30.3 Å². The molecule has 0 unspecified atom stereocenters. The second-order valence-electron chi connectivity index (χ2n) is 5.61. The average Bonchev–Trinajstić information content (AvgIpc) is 3.10. The van der Waals surface area contributed by atoms with Gasteiger partial charge >= 0.3 is 0 Å². The van der Waals surface area contributed by atoms with Crippen molar-refractivity contribution in [1.82, 2.24) is 29.7 Å². The highest BCUT2D eigenvalue weighted by Crippen LogP contribution is 2.28. The van der Waals surface area contributed by atoms with Gasteiger partial charge in [0.25, 0.3) is 0 Å². The summed E-state index contributed by atoms with van der Waals surface area (Å²) in [5, 5.41) is 8.19. The summed E-state index contributed by atoms with van der Waals surface area (Å²) < 4.78 is 15.5. The van der Waals surface area contributed by atoms with Crippen LogP contribution in [-0.2, 0) is 0 Å². The van der Waals surface area contributed by atoms with E-state index in [1.807, 2.05) is 16.8 Å². The molecule has 0 radical (unpaired) electrons. The van der Waals surface area contributed by atoms with E-state index in [1.54, 1.807) is 0 Å². The van der Waals surface area contributed by atoms with Gasteiger partial charge < -0.3 is 10.3 Å². The van der Waals surface area contributed by atoms with Crippen LogP contribution in [0.4, 0.5) is 10.2 Å². The molecule has 0 spiro atoms. The minimum atomic E-state index is -0.445. The van der Waals surface area contributed by atoms with E-state index in [0.29, 0.717) is 28.4 Å². The Kier molecular flexibility index (Phi) is 2.80. The lowest BCUT2D eigenvalue weighted by Gasteiger charge is -2.09. The summed E-state index contributed by atoms with van der Waals surface area (Å²) in [7, 11) is 0. The van der Waals surface area contributed by atoms with Crippen LogP contribution in [0, 0.1) is 5.82 Å². The predicted octanol–water partition coefficient (Wildman–Crippen LogP) is 2.67. The fourth-order valence-electron chi connectivity index (χ4n) is 2.63. The molecule has 7 nitrogen and oxygen atoms in total. The molecule has 23 heavy (non-hydrogen) atoms. The van der Waals surface area contributed by atoms with Gasteiger partial charge in [-0.1, -0.05) is 0 Å². The lowest BCUT2D eigenvalue weighted by molar-refractivity contribution is 0.618. The van der Waals surface area contributed by atoms with Crippen LogP contribution in [0.15, 0.2) is 24.5 Å². The molecule has 0 saturated heterocycles. The zero-order valence-corrected chi connectivity index (χ0v) is 12.6. The number of nitrogens with zero attached hydrogens (tertiary/aromatic N) is 5. The summed E-state index contributed by atoms with van der Waals surface area (Å²) in [4.78, 5) is 12.9. The number of nitrogens with two attached hydrogens (primary N) is 1. The topological polar surface area (TPSA) is 98.3 Å². The summed E-state index contributed by atoms with van der Waals surface area (Å²) in [5.74, 6) is 0.293. The smallest absolute Gasteiger partial charge is 0.182 e. The van der Waals surface area contributed by atoms with Crippen molar-refractivity contribution < 1.29 is 4.39 Å². The van der Waals surface area contributed by atoms with Crippen molar-refractivity contribution in [3.63, 3.8) is 0 Å². The number of halogens is 1. The van der Waals surface area contributed by atoms with Crippen LogP contribution >= 0.6 is 0 Å². The highest BCUT2D eigenvalue weighted by Gasteiger charge is 2.16. The molecule has 4 rings (SSSR count). The van der Waals surface area contributed by atoms with Crippen molar-refractivity contribution in [3.8, 4) is 11.5 Å². The number of fused-ring (bicyclic) bond motifs is 2. The van der Waals surface area contributed by atoms with E-state index in [4.69, 9.17) is 5.73 Å². The van der Waals surface area contributed by atoms with E-state index in [2.05, 4.69) is 39.0 Å². The Bertz CT molecular complexity index is 1030. The second kappa shape index (κ2) is 4.73. The summed E-state index contributed by atoms with van der Waals surface area (Å²) >= 11 is 0. The normalized spacial score (nSPS) is 11.8. The first-order valence-corrected chi connectivity index (χ1v) is 7.18. The first kappa shape index (κ1) is 13.6. The Labute approximate surface area is 130 Å². The van der Waals surface area contributed by atoms with Gasteiger partial charge in [-0.05, 0) is 26.0 Å². The third-order valence-electron chi connectivity index (χ3n) is 3.76. The maximum absolute atomic E-state index is 13.5. The molecule has 0 atom stereocenters. The SMILES string of the molecule is CC(C)n1ccc2c(N)nc(-c3[nH]nc4ncc(F)cc34)nc21. The van der Waals surface area contributed by atoms with E-state index in [1.165, 1.54) is 6.07 Å². The van der Waals surface area contributed by atoms with E-state index in [0.717, 1.165) is 17.2 Å². The molecule has 0 aromatic carbocycles. The first-order chi connectivity index (χ1) is 11.0. The lowest BCUT2D eigenvalue weighted by atomic mass is 10.2. The highest BCUT2D eigenvalue weighted by atomic mass is 19.1. The fraction of sp³-hybridized carbons (Fsp3) is 0.200. The molecular weight excluding hydrogens is 297 g/mol. The molecule has 116 valence electrons. The Morgan fingerprint density at radius 2 is 2.09 bits per heavy atom. The molecule has 0 bridgehead atoms. The van der Waals surface area contributed by atoms with Gasteiger partial charge in [0, 0.05) is 12.2 Å². The van der Waals surface area contributed by atoms with Crippen molar-refractivity contribution in [2.75, 3.05) is 5.73 Å². The predicted molar refractivity (Wildman–Crippen MR) is 85.2 cm³/mol. The zero-order chi connectivity index (χ0) is 16.1. The molecule has 0 aliphatic heterocycles. The van der Waals surface area contributed by atoms with Crippen molar-refractivity contribution in [2.24, 2.45) is 0 Å². The van der Waals surface area contributed by atoms with Crippen molar-refractivity contribution in [1.29, 1.82) is 0 Å². The number of H-pyrrole nitrogens is 1. The molecule has 0 aliphatic rings. The Morgan fingerprint density at radius 3 is 2.87 bits per heavy atom. The maximum Gasteiger partial charge on any atom is 0.182 e. The minimum Gasteiger partial charge on any atom is -0.383 e. The van der Waals surface area contributed by atoms with Crippen molar-refractivity contribution >= 4 is 27.9 Å². The Morgan fingerprint density at radius 1 is 1.26 bits per heavy atom. The van der Waals surface area contributed by atoms with E-state index in [9.17, 15) is 4.39 Å². The molecule has 0 saturated carbocycles. The zero-order valence-electron chi connectivity index (χ0n) is 12.6. The number of anilines is 1. The van der Waals surface area contributed by atoms with Crippen LogP contribution in [0.25, 0.3) is 33.6 Å². The summed E-state index contributed by atoms with van der Waals surface area (Å²) in [6.45, 7) is 4.12. The van der Waals surface area contributed by atoms with Gasteiger partial charge in [-0.15, -0.1) is 0 Å². The number of hydrogen-bond acceptors (Lipinski definition) is 5. The van der Waals surface area contributed by atoms with Gasteiger partial charge in [-0.3, -0.25) is 5.10 Å². The number of rotatable bonds is 2. The lowest BCUT2D eigenvalue weighted by Crippen LogP contribution is -2.03. The van der Waals surface area contributed by atoms with Gasteiger partial charge in [0.05, 0.1) is 17.0 Å². The molecule has 4 heterocycles. The largest absolute Gasteiger partial charge is 0.383 e. The molecule has 0 amide bonds. The monoisotopic (exact) mass is 311 g/mol. The minimum absolute atomic E-state index is 0.229. The van der Waals surface area contributed by atoms with Gasteiger partial charge in [-0.25, -0.2) is 19.3 Å². The van der Waals surface area contributed by atoms with Crippen LogP contribution in [0.1, 0.15) is 19.9 Å². The van der Waals surface area contributed by atoms with E-state index >= 15 is 0 Å². The average molecular weight is 311 g/mol. The van der Waals surface area contributed by atoms with Crippen LogP contribution in [0.2, 0.25) is 0 Å². The molecule has 4 aromatic heterocycles. The number of aromatic nitrogens is 6. The summed E-state index contributed by atoms with van der Waals surface area (Å²) in [5.41, 5.74) is 7.70. The fourth-order valence-corrected chi connectivity index (χ4v) is 2.63. The molecule has 3 N–H and O–H groups in total. The van der Waals surface area contributed by atoms with Crippen LogP contribution in [0.5, 0.6) is 0 Å². The quantitative estimate of drug-likeness (QED) is 0.593. The number of nitrogens with one attached hydrogen (secondary N) is 1. The van der Waals surface area contributed by atoms with Gasteiger partial charge in [0.2, 0.25) is 0 Å². The number of nitrogen functional groups attached to an aromatic ring is 1. The standard InChI is InChI=1S/C15H14FN7/c1-7(2)23-4-3-9-12(17)19-14(20-15(9)23)11-10-5-8(16)6-18-13(10)22-21-11/h3-7H,1-2H3,(H2,17,19,20)(H,18,21,22). The van der Waals surface area contributed by atoms with Crippen molar-refractivity contribution in [2.45, 2.75) is 19.9 Å². The van der Waals surface area contributed by atoms with E-state index < -0.39 is 5.82 Å².